The van der Waals surface area contributed by atoms with Crippen molar-refractivity contribution in [2.45, 2.75) is 31.7 Å². The number of anilines is 1. The molecule has 0 radical (unpaired) electrons. The summed E-state index contributed by atoms with van der Waals surface area (Å²) in [4.78, 5) is 0.540. The van der Waals surface area contributed by atoms with Crippen molar-refractivity contribution in [3.63, 3.8) is 0 Å². The van der Waals surface area contributed by atoms with Crippen LogP contribution in [-0.4, -0.2) is 25.8 Å². The van der Waals surface area contributed by atoms with Gasteiger partial charge in [-0.2, -0.15) is 26.3 Å². The number of nitrogens with zero attached hydrogens (tertiary/aromatic N) is 1. The Kier molecular flexibility index (Phi) is 5.14. The van der Waals surface area contributed by atoms with Gasteiger partial charge in [0.25, 0.3) is 0 Å². The van der Waals surface area contributed by atoms with Crippen LogP contribution in [0.3, 0.4) is 0 Å². The Bertz CT molecular complexity index is 479. The zero-order valence-electron chi connectivity index (χ0n) is 11.5. The molecule has 0 aliphatic rings. The van der Waals surface area contributed by atoms with E-state index in [0.29, 0.717) is 10.5 Å². The lowest BCUT2D eigenvalue weighted by atomic mass is 10.0. The summed E-state index contributed by atoms with van der Waals surface area (Å²) in [5.74, 6) is 0. The summed E-state index contributed by atoms with van der Waals surface area (Å²) in [6, 6.07) is 2.92. The minimum Gasteiger partial charge on any atom is -0.365 e. The lowest BCUT2D eigenvalue weighted by Crippen LogP contribution is -2.32. The highest BCUT2D eigenvalue weighted by atomic mass is 19.4. The van der Waals surface area contributed by atoms with Crippen molar-refractivity contribution in [3.8, 4) is 0 Å². The van der Waals surface area contributed by atoms with Crippen LogP contribution in [0.25, 0.3) is 0 Å². The molecule has 0 amide bonds. The van der Waals surface area contributed by atoms with E-state index in [0.717, 1.165) is 19.2 Å². The van der Waals surface area contributed by atoms with Gasteiger partial charge in [0.2, 0.25) is 0 Å². The SMILES string of the molecule is CC(N)Cc1ccc(N(C)CC(F)(F)F)c(C(F)(F)F)c1. The predicted molar refractivity (Wildman–Crippen MR) is 68.1 cm³/mol. The maximum absolute atomic E-state index is 13.0. The summed E-state index contributed by atoms with van der Waals surface area (Å²) in [7, 11) is 0.975. The molecule has 21 heavy (non-hydrogen) atoms. The number of halogens is 6. The zero-order chi connectivity index (χ0) is 16.4. The molecule has 1 aromatic rings. The van der Waals surface area contributed by atoms with Crippen LogP contribution in [0.1, 0.15) is 18.1 Å². The third-order valence-corrected chi connectivity index (χ3v) is 2.75. The van der Waals surface area contributed by atoms with Gasteiger partial charge in [0.05, 0.1) is 5.56 Å². The van der Waals surface area contributed by atoms with Gasteiger partial charge in [-0.3, -0.25) is 0 Å². The lowest BCUT2D eigenvalue weighted by molar-refractivity contribution is -0.138. The van der Waals surface area contributed by atoms with Crippen molar-refractivity contribution in [2.75, 3.05) is 18.5 Å². The van der Waals surface area contributed by atoms with Gasteiger partial charge in [-0.1, -0.05) is 6.07 Å². The van der Waals surface area contributed by atoms with Crippen molar-refractivity contribution in [2.24, 2.45) is 5.73 Å². The molecular weight excluding hydrogens is 298 g/mol. The number of rotatable bonds is 4. The van der Waals surface area contributed by atoms with E-state index in [1.54, 1.807) is 6.92 Å². The van der Waals surface area contributed by atoms with Gasteiger partial charge in [-0.05, 0) is 31.0 Å². The first-order chi connectivity index (χ1) is 9.40. The second-order valence-corrected chi connectivity index (χ2v) is 5.00. The van der Waals surface area contributed by atoms with E-state index < -0.39 is 30.1 Å². The Balaban J connectivity index is 3.19. The van der Waals surface area contributed by atoms with Gasteiger partial charge in [-0.15, -0.1) is 0 Å². The van der Waals surface area contributed by atoms with E-state index in [1.807, 2.05) is 0 Å². The minimum absolute atomic E-state index is 0.215. The van der Waals surface area contributed by atoms with Crippen LogP contribution in [0.15, 0.2) is 18.2 Å². The van der Waals surface area contributed by atoms with E-state index in [1.165, 1.54) is 6.07 Å². The molecule has 1 rings (SSSR count). The fraction of sp³-hybridized carbons (Fsp3) is 0.538. The molecule has 0 heterocycles. The molecule has 2 N–H and O–H groups in total. The molecular formula is C13H16F6N2. The Morgan fingerprint density at radius 2 is 1.71 bits per heavy atom. The van der Waals surface area contributed by atoms with E-state index in [9.17, 15) is 26.3 Å². The summed E-state index contributed by atoms with van der Waals surface area (Å²) in [6.07, 6.45) is -9.10. The molecule has 1 atom stereocenters. The topological polar surface area (TPSA) is 29.3 Å². The third kappa shape index (κ3) is 5.45. The standard InChI is InChI=1S/C13H16F6N2/c1-8(20)5-9-3-4-11(10(6-9)13(17,18)19)21(2)7-12(14,15)16/h3-4,6,8H,5,7,20H2,1-2H3. The van der Waals surface area contributed by atoms with Crippen molar-refractivity contribution in [3.05, 3.63) is 29.3 Å². The molecule has 0 fully saturated rings. The highest BCUT2D eigenvalue weighted by Crippen LogP contribution is 2.37. The molecule has 0 aliphatic heterocycles. The van der Waals surface area contributed by atoms with E-state index >= 15 is 0 Å². The van der Waals surface area contributed by atoms with Crippen LogP contribution in [0.5, 0.6) is 0 Å². The van der Waals surface area contributed by atoms with E-state index in [-0.39, 0.29) is 12.5 Å². The highest BCUT2D eigenvalue weighted by Gasteiger charge is 2.37. The van der Waals surface area contributed by atoms with Gasteiger partial charge in [-0.25, -0.2) is 0 Å². The maximum Gasteiger partial charge on any atom is 0.418 e. The average molecular weight is 314 g/mol. The Morgan fingerprint density at radius 1 is 1.14 bits per heavy atom. The summed E-state index contributed by atoms with van der Waals surface area (Å²) >= 11 is 0. The quantitative estimate of drug-likeness (QED) is 0.861. The van der Waals surface area contributed by atoms with Crippen LogP contribution in [0.4, 0.5) is 32.0 Å². The van der Waals surface area contributed by atoms with Gasteiger partial charge < -0.3 is 10.6 Å². The molecule has 0 spiro atoms. The Labute approximate surface area is 118 Å². The second kappa shape index (κ2) is 6.13. The first kappa shape index (κ1) is 17.6. The van der Waals surface area contributed by atoms with Crippen LogP contribution < -0.4 is 10.6 Å². The molecule has 0 saturated heterocycles. The minimum atomic E-state index is -4.73. The monoisotopic (exact) mass is 314 g/mol. The predicted octanol–water partition coefficient (Wildman–Crippen LogP) is 3.59. The molecule has 1 unspecified atom stereocenters. The number of benzene rings is 1. The van der Waals surface area contributed by atoms with Crippen LogP contribution in [-0.2, 0) is 12.6 Å². The van der Waals surface area contributed by atoms with Gasteiger partial charge >= 0.3 is 12.4 Å². The van der Waals surface area contributed by atoms with Crippen molar-refractivity contribution in [1.82, 2.24) is 0 Å². The van der Waals surface area contributed by atoms with E-state index in [2.05, 4.69) is 0 Å². The van der Waals surface area contributed by atoms with Gasteiger partial charge in [0.1, 0.15) is 6.54 Å². The molecule has 2 nitrogen and oxygen atoms in total. The van der Waals surface area contributed by atoms with Crippen molar-refractivity contribution in [1.29, 1.82) is 0 Å². The highest BCUT2D eigenvalue weighted by molar-refractivity contribution is 5.56. The smallest absolute Gasteiger partial charge is 0.365 e. The second-order valence-electron chi connectivity index (χ2n) is 5.00. The number of hydrogen-bond donors (Lipinski definition) is 1. The van der Waals surface area contributed by atoms with Crippen molar-refractivity contribution >= 4 is 5.69 Å². The number of alkyl halides is 6. The number of hydrogen-bond acceptors (Lipinski definition) is 2. The molecule has 8 heteroatoms. The first-order valence-electron chi connectivity index (χ1n) is 6.14. The Hall–Kier alpha value is -1.44. The zero-order valence-corrected chi connectivity index (χ0v) is 11.5. The van der Waals surface area contributed by atoms with Gasteiger partial charge in [0.15, 0.2) is 0 Å². The molecule has 0 aromatic heterocycles. The molecule has 120 valence electrons. The largest absolute Gasteiger partial charge is 0.418 e. The summed E-state index contributed by atoms with van der Waals surface area (Å²) in [5, 5.41) is 0. The van der Waals surface area contributed by atoms with Crippen molar-refractivity contribution < 1.29 is 26.3 Å². The first-order valence-corrected chi connectivity index (χ1v) is 6.14. The average Bonchev–Trinajstić information content (AvgIpc) is 2.24. The third-order valence-electron chi connectivity index (χ3n) is 2.75. The van der Waals surface area contributed by atoms with Crippen LogP contribution in [0, 0.1) is 0 Å². The van der Waals surface area contributed by atoms with Crippen LogP contribution >= 0.6 is 0 Å². The van der Waals surface area contributed by atoms with E-state index in [4.69, 9.17) is 5.73 Å². The Morgan fingerprint density at radius 3 is 2.14 bits per heavy atom. The molecule has 0 bridgehead atoms. The number of nitrogens with two attached hydrogens (primary N) is 1. The fourth-order valence-corrected chi connectivity index (χ4v) is 2.00. The fourth-order valence-electron chi connectivity index (χ4n) is 2.00. The lowest BCUT2D eigenvalue weighted by Gasteiger charge is -2.25. The normalized spacial score (nSPS) is 14.1. The summed E-state index contributed by atoms with van der Waals surface area (Å²) in [5.41, 5.74) is 4.26. The van der Waals surface area contributed by atoms with Gasteiger partial charge in [0, 0.05) is 18.8 Å². The molecule has 1 aromatic carbocycles. The molecule has 0 aliphatic carbocycles. The maximum atomic E-state index is 13.0. The summed E-state index contributed by atoms with van der Waals surface area (Å²) in [6.45, 7) is 0.180. The molecule has 0 saturated carbocycles. The summed E-state index contributed by atoms with van der Waals surface area (Å²) < 4.78 is 76.1. The van der Waals surface area contributed by atoms with Crippen LogP contribution in [0.2, 0.25) is 0 Å².